The lowest BCUT2D eigenvalue weighted by atomic mass is 10.2. The zero-order valence-electron chi connectivity index (χ0n) is 8.89. The van der Waals surface area contributed by atoms with Crippen LogP contribution in [0.2, 0.25) is 0 Å². The lowest BCUT2D eigenvalue weighted by Crippen LogP contribution is -1.80. The molecule has 0 aliphatic rings. The van der Waals surface area contributed by atoms with Crippen molar-refractivity contribution in [3.63, 3.8) is 0 Å². The molecule has 0 amide bonds. The highest BCUT2D eigenvalue weighted by Gasteiger charge is 1.94. The molecule has 0 unspecified atom stereocenters. The van der Waals surface area contributed by atoms with E-state index < -0.39 is 0 Å². The molecule has 0 aliphatic carbocycles. The van der Waals surface area contributed by atoms with Crippen molar-refractivity contribution in [3.05, 3.63) is 41.0 Å². The summed E-state index contributed by atoms with van der Waals surface area (Å²) in [5, 5.41) is 1.16. The molecule has 2 aromatic rings. The number of carbonyl (C=O) groups is 1. The summed E-state index contributed by atoms with van der Waals surface area (Å²) in [7, 11) is 0. The monoisotopic (exact) mass is 281 g/mol. The summed E-state index contributed by atoms with van der Waals surface area (Å²) >= 11 is 3.46. The summed E-state index contributed by atoms with van der Waals surface area (Å²) in [5.74, 6) is 0. The van der Waals surface area contributed by atoms with Gasteiger partial charge in [0.1, 0.15) is 0 Å². The Balaban J connectivity index is 0.000000221. The van der Waals surface area contributed by atoms with Gasteiger partial charge >= 0.3 is 0 Å². The van der Waals surface area contributed by atoms with E-state index in [4.69, 9.17) is 0 Å². The number of ether oxygens (including phenoxy) is 1. The van der Waals surface area contributed by atoms with Crippen LogP contribution in [0.5, 0.6) is 0 Å². The average molecular weight is 282 g/mol. The number of pyridine rings is 1. The van der Waals surface area contributed by atoms with Crippen LogP contribution in [0, 0.1) is 0 Å². The first-order valence-electron chi connectivity index (χ1n) is 4.84. The molecule has 0 saturated carbocycles. The van der Waals surface area contributed by atoms with Crippen molar-refractivity contribution in [1.82, 2.24) is 4.98 Å². The Morgan fingerprint density at radius 1 is 1.38 bits per heavy atom. The van der Waals surface area contributed by atoms with Crippen molar-refractivity contribution in [2.45, 2.75) is 6.92 Å². The predicted molar refractivity (Wildman–Crippen MR) is 67.1 cm³/mol. The second-order valence-electron chi connectivity index (χ2n) is 2.86. The van der Waals surface area contributed by atoms with Crippen LogP contribution in [-0.2, 0) is 9.53 Å². The maximum absolute atomic E-state index is 9.18. The van der Waals surface area contributed by atoms with Gasteiger partial charge in [0, 0.05) is 16.1 Å². The topological polar surface area (TPSA) is 39.2 Å². The van der Waals surface area contributed by atoms with Gasteiger partial charge in [0.2, 0.25) is 0 Å². The third-order valence-corrected chi connectivity index (χ3v) is 2.52. The molecule has 2 rings (SSSR count). The largest absolute Gasteiger partial charge is 0.468 e. The van der Waals surface area contributed by atoms with Gasteiger partial charge in [-0.15, -0.1) is 0 Å². The van der Waals surface area contributed by atoms with Crippen molar-refractivity contribution in [2.75, 3.05) is 6.61 Å². The van der Waals surface area contributed by atoms with Crippen LogP contribution in [0.4, 0.5) is 0 Å². The standard InChI is InChI=1S/C9H6BrN.C3H6O2/c10-8-5-6-11-9-4-2-1-3-7(8)9;1-2-5-3-4/h1-6H;3H,2H2,1H3. The Morgan fingerprint density at radius 2 is 2.12 bits per heavy atom. The van der Waals surface area contributed by atoms with Gasteiger partial charge in [-0.3, -0.25) is 9.78 Å². The molecule has 1 aromatic heterocycles. The molecule has 0 radical (unpaired) electrons. The van der Waals surface area contributed by atoms with Crippen LogP contribution < -0.4 is 0 Å². The van der Waals surface area contributed by atoms with Crippen LogP contribution in [-0.4, -0.2) is 18.1 Å². The first kappa shape index (κ1) is 12.6. The molecule has 1 heterocycles. The SMILES string of the molecule is Brc1ccnc2ccccc12.CCOC=O. The molecule has 84 valence electrons. The van der Waals surface area contributed by atoms with Crippen LogP contribution in [0.3, 0.4) is 0 Å². The fourth-order valence-corrected chi connectivity index (χ4v) is 1.58. The molecule has 1 aromatic carbocycles. The summed E-state index contributed by atoms with van der Waals surface area (Å²) < 4.78 is 5.25. The Hall–Kier alpha value is -1.42. The van der Waals surface area contributed by atoms with Crippen molar-refractivity contribution in [1.29, 1.82) is 0 Å². The number of hydrogen-bond donors (Lipinski definition) is 0. The van der Waals surface area contributed by atoms with Crippen molar-refractivity contribution >= 4 is 33.3 Å². The zero-order valence-corrected chi connectivity index (χ0v) is 10.5. The van der Waals surface area contributed by atoms with E-state index >= 15 is 0 Å². The van der Waals surface area contributed by atoms with Crippen LogP contribution >= 0.6 is 15.9 Å². The number of halogens is 1. The Kier molecular flexibility index (Phi) is 5.50. The molecule has 0 N–H and O–H groups in total. The maximum Gasteiger partial charge on any atom is 0.293 e. The third-order valence-electron chi connectivity index (χ3n) is 1.83. The second-order valence-corrected chi connectivity index (χ2v) is 3.72. The van der Waals surface area contributed by atoms with Gasteiger partial charge in [0.15, 0.2) is 0 Å². The fourth-order valence-electron chi connectivity index (χ4n) is 1.13. The van der Waals surface area contributed by atoms with E-state index in [0.29, 0.717) is 13.1 Å². The van der Waals surface area contributed by atoms with Gasteiger partial charge in [-0.25, -0.2) is 0 Å². The van der Waals surface area contributed by atoms with Crippen molar-refractivity contribution in [3.8, 4) is 0 Å². The number of benzene rings is 1. The number of aromatic nitrogens is 1. The minimum absolute atomic E-state index is 0.431. The van der Waals surface area contributed by atoms with Crippen LogP contribution in [0.15, 0.2) is 41.0 Å². The molecule has 0 atom stereocenters. The number of nitrogens with zero attached hydrogens (tertiary/aromatic N) is 1. The summed E-state index contributed by atoms with van der Waals surface area (Å²) in [6.45, 7) is 2.66. The first-order chi connectivity index (χ1) is 7.79. The highest BCUT2D eigenvalue weighted by Crippen LogP contribution is 2.20. The molecule has 0 saturated heterocycles. The number of rotatable bonds is 2. The quantitative estimate of drug-likeness (QED) is 0.794. The molecule has 0 spiro atoms. The number of carbonyl (C=O) groups excluding carboxylic acids is 1. The average Bonchev–Trinajstić information content (AvgIpc) is 2.32. The maximum atomic E-state index is 9.18. The number of hydrogen-bond acceptors (Lipinski definition) is 3. The van der Waals surface area contributed by atoms with E-state index in [1.807, 2.05) is 30.3 Å². The number of para-hydroxylation sites is 1. The van der Waals surface area contributed by atoms with E-state index in [1.165, 1.54) is 0 Å². The lowest BCUT2D eigenvalue weighted by molar-refractivity contribution is -0.128. The van der Waals surface area contributed by atoms with E-state index in [2.05, 4.69) is 25.7 Å². The molecule has 4 heteroatoms. The highest BCUT2D eigenvalue weighted by molar-refractivity contribution is 9.10. The number of fused-ring (bicyclic) bond motifs is 1. The van der Waals surface area contributed by atoms with E-state index in [9.17, 15) is 4.79 Å². The van der Waals surface area contributed by atoms with Gasteiger partial charge in [0.25, 0.3) is 6.47 Å². The molecular weight excluding hydrogens is 270 g/mol. The van der Waals surface area contributed by atoms with E-state index in [-0.39, 0.29) is 0 Å². The minimum atomic E-state index is 0.431. The molecular formula is C12H12BrNO2. The van der Waals surface area contributed by atoms with Gasteiger partial charge in [-0.05, 0) is 19.1 Å². The summed E-state index contributed by atoms with van der Waals surface area (Å²) in [6.07, 6.45) is 1.80. The molecule has 0 fully saturated rings. The first-order valence-corrected chi connectivity index (χ1v) is 5.63. The summed E-state index contributed by atoms with van der Waals surface area (Å²) in [4.78, 5) is 13.4. The van der Waals surface area contributed by atoms with Gasteiger partial charge in [-0.2, -0.15) is 0 Å². The van der Waals surface area contributed by atoms with Crippen LogP contribution in [0.1, 0.15) is 6.92 Å². The highest BCUT2D eigenvalue weighted by atomic mass is 79.9. The normalized spacial score (nSPS) is 9.12. The van der Waals surface area contributed by atoms with Gasteiger partial charge in [-0.1, -0.05) is 34.1 Å². The Morgan fingerprint density at radius 3 is 2.69 bits per heavy atom. The Labute approximate surface area is 103 Å². The third kappa shape index (κ3) is 3.62. The smallest absolute Gasteiger partial charge is 0.293 e. The van der Waals surface area contributed by atoms with E-state index in [0.717, 1.165) is 15.4 Å². The van der Waals surface area contributed by atoms with Gasteiger partial charge < -0.3 is 4.74 Å². The zero-order chi connectivity index (χ0) is 11.8. The van der Waals surface area contributed by atoms with Gasteiger partial charge in [0.05, 0.1) is 12.1 Å². The second kappa shape index (κ2) is 6.95. The minimum Gasteiger partial charge on any atom is -0.468 e. The summed E-state index contributed by atoms with van der Waals surface area (Å²) in [5.41, 5.74) is 1.03. The van der Waals surface area contributed by atoms with E-state index in [1.54, 1.807) is 13.1 Å². The summed E-state index contributed by atoms with van der Waals surface area (Å²) in [6, 6.07) is 9.99. The van der Waals surface area contributed by atoms with Crippen molar-refractivity contribution < 1.29 is 9.53 Å². The van der Waals surface area contributed by atoms with Crippen LogP contribution in [0.25, 0.3) is 10.9 Å². The van der Waals surface area contributed by atoms with Crippen molar-refractivity contribution in [2.24, 2.45) is 0 Å². The fraction of sp³-hybridized carbons (Fsp3) is 0.167. The predicted octanol–water partition coefficient (Wildman–Crippen LogP) is 3.18. The molecule has 0 aliphatic heterocycles. The lowest BCUT2D eigenvalue weighted by Gasteiger charge is -1.96. The molecule has 3 nitrogen and oxygen atoms in total. The molecule has 16 heavy (non-hydrogen) atoms. The molecule has 0 bridgehead atoms. The Bertz CT molecular complexity index is 454.